The van der Waals surface area contributed by atoms with E-state index in [9.17, 15) is 0 Å². The monoisotopic (exact) mass is 305 g/mol. The minimum Gasteiger partial charge on any atom is -0.496 e. The number of rotatable bonds is 5. The predicted octanol–water partition coefficient (Wildman–Crippen LogP) is 3.33. The molecule has 0 spiro atoms. The fraction of sp³-hybridized carbons (Fsp3) is 0.312. The molecule has 0 saturated heterocycles. The standard InChI is InChI=1S/C16H20ClN3O/c1-4-19-15(13-8-11(17)9-20-16(13)18)12-6-5-10(2)7-14(12)21-3/h5-9,15,19H,4H2,1-3H3,(H2,18,20). The Kier molecular flexibility index (Phi) is 5.04. The normalized spacial score (nSPS) is 12.2. The van der Waals surface area contributed by atoms with Gasteiger partial charge in [-0.3, -0.25) is 0 Å². The largest absolute Gasteiger partial charge is 0.496 e. The molecule has 112 valence electrons. The third-order valence-electron chi connectivity index (χ3n) is 3.34. The van der Waals surface area contributed by atoms with Crippen molar-refractivity contribution in [3.63, 3.8) is 0 Å². The zero-order valence-electron chi connectivity index (χ0n) is 12.5. The topological polar surface area (TPSA) is 60.2 Å². The van der Waals surface area contributed by atoms with E-state index >= 15 is 0 Å². The Balaban J connectivity index is 2.55. The molecule has 0 bridgehead atoms. The number of nitrogens with two attached hydrogens (primary N) is 1. The summed E-state index contributed by atoms with van der Waals surface area (Å²) >= 11 is 6.07. The Bertz CT molecular complexity index is 631. The Morgan fingerprint density at radius 3 is 2.76 bits per heavy atom. The van der Waals surface area contributed by atoms with E-state index in [1.54, 1.807) is 13.3 Å². The van der Waals surface area contributed by atoms with Crippen LogP contribution >= 0.6 is 11.6 Å². The van der Waals surface area contributed by atoms with Crippen molar-refractivity contribution in [3.8, 4) is 5.75 Å². The number of benzene rings is 1. The Morgan fingerprint density at radius 2 is 2.10 bits per heavy atom. The van der Waals surface area contributed by atoms with Crippen molar-refractivity contribution in [2.45, 2.75) is 19.9 Å². The van der Waals surface area contributed by atoms with Crippen LogP contribution in [0.25, 0.3) is 0 Å². The summed E-state index contributed by atoms with van der Waals surface area (Å²) in [4.78, 5) is 4.15. The van der Waals surface area contributed by atoms with E-state index in [-0.39, 0.29) is 6.04 Å². The Morgan fingerprint density at radius 1 is 1.33 bits per heavy atom. The van der Waals surface area contributed by atoms with E-state index < -0.39 is 0 Å². The van der Waals surface area contributed by atoms with E-state index in [1.807, 2.05) is 32.0 Å². The van der Waals surface area contributed by atoms with Crippen molar-refractivity contribution in [2.75, 3.05) is 19.4 Å². The van der Waals surface area contributed by atoms with Gasteiger partial charge in [-0.1, -0.05) is 30.7 Å². The lowest BCUT2D eigenvalue weighted by Gasteiger charge is -2.22. The third-order valence-corrected chi connectivity index (χ3v) is 3.54. The van der Waals surface area contributed by atoms with Crippen molar-refractivity contribution in [3.05, 3.63) is 52.2 Å². The molecule has 4 nitrogen and oxygen atoms in total. The second-order valence-electron chi connectivity index (χ2n) is 4.86. The number of nitrogens with zero attached hydrogens (tertiary/aromatic N) is 1. The summed E-state index contributed by atoms with van der Waals surface area (Å²) in [7, 11) is 1.67. The van der Waals surface area contributed by atoms with Crippen LogP contribution < -0.4 is 15.8 Å². The lowest BCUT2D eigenvalue weighted by atomic mass is 9.97. The Labute approximate surface area is 130 Å². The molecule has 3 N–H and O–H groups in total. The van der Waals surface area contributed by atoms with Gasteiger partial charge < -0.3 is 15.8 Å². The molecule has 0 saturated carbocycles. The molecule has 0 radical (unpaired) electrons. The van der Waals surface area contributed by atoms with Gasteiger partial charge in [-0.15, -0.1) is 0 Å². The summed E-state index contributed by atoms with van der Waals surface area (Å²) in [6.45, 7) is 4.86. The fourth-order valence-corrected chi connectivity index (χ4v) is 2.51. The van der Waals surface area contributed by atoms with Gasteiger partial charge >= 0.3 is 0 Å². The molecule has 1 heterocycles. The van der Waals surface area contributed by atoms with Gasteiger partial charge in [0.2, 0.25) is 0 Å². The number of aryl methyl sites for hydroxylation is 1. The number of aromatic nitrogens is 1. The van der Waals surface area contributed by atoms with Crippen molar-refractivity contribution in [2.24, 2.45) is 0 Å². The number of ether oxygens (including phenoxy) is 1. The van der Waals surface area contributed by atoms with Crippen LogP contribution in [0.5, 0.6) is 5.75 Å². The van der Waals surface area contributed by atoms with E-state index in [1.165, 1.54) is 0 Å². The van der Waals surface area contributed by atoms with Gasteiger partial charge in [0, 0.05) is 17.3 Å². The quantitative estimate of drug-likeness (QED) is 0.889. The van der Waals surface area contributed by atoms with E-state index in [4.69, 9.17) is 22.1 Å². The molecule has 0 aliphatic rings. The molecule has 1 unspecified atom stereocenters. The number of nitrogens with one attached hydrogen (secondary N) is 1. The first kappa shape index (κ1) is 15.6. The molecule has 0 aliphatic carbocycles. The van der Waals surface area contributed by atoms with Gasteiger partial charge in [0.15, 0.2) is 0 Å². The number of hydrogen-bond donors (Lipinski definition) is 2. The molecule has 1 aromatic heterocycles. The minimum absolute atomic E-state index is 0.114. The number of halogens is 1. The van der Waals surface area contributed by atoms with Crippen LogP contribution in [0.1, 0.15) is 29.7 Å². The summed E-state index contributed by atoms with van der Waals surface area (Å²) in [5, 5.41) is 3.98. The number of nitrogen functional groups attached to an aromatic ring is 1. The molecule has 0 fully saturated rings. The van der Waals surface area contributed by atoms with Gasteiger partial charge in [-0.2, -0.15) is 0 Å². The number of pyridine rings is 1. The van der Waals surface area contributed by atoms with Gasteiger partial charge in [0.1, 0.15) is 11.6 Å². The smallest absolute Gasteiger partial charge is 0.128 e. The fourth-order valence-electron chi connectivity index (χ4n) is 2.35. The number of methoxy groups -OCH3 is 1. The van der Waals surface area contributed by atoms with E-state index in [0.717, 1.165) is 29.0 Å². The molecule has 21 heavy (non-hydrogen) atoms. The molecule has 2 aromatic rings. The lowest BCUT2D eigenvalue weighted by Crippen LogP contribution is -2.24. The summed E-state index contributed by atoms with van der Waals surface area (Å²) < 4.78 is 5.51. The number of anilines is 1. The maximum atomic E-state index is 6.07. The maximum absolute atomic E-state index is 6.07. The van der Waals surface area contributed by atoms with Crippen LogP contribution in [0.3, 0.4) is 0 Å². The zero-order chi connectivity index (χ0) is 15.4. The van der Waals surface area contributed by atoms with Gasteiger partial charge in [-0.05, 0) is 31.2 Å². The average Bonchev–Trinajstić information content (AvgIpc) is 2.48. The second kappa shape index (κ2) is 6.78. The maximum Gasteiger partial charge on any atom is 0.128 e. The highest BCUT2D eigenvalue weighted by Gasteiger charge is 2.20. The molecule has 1 aromatic carbocycles. The second-order valence-corrected chi connectivity index (χ2v) is 5.30. The van der Waals surface area contributed by atoms with Crippen LogP contribution in [0.15, 0.2) is 30.5 Å². The van der Waals surface area contributed by atoms with Crippen molar-refractivity contribution < 1.29 is 4.74 Å². The van der Waals surface area contributed by atoms with E-state index in [2.05, 4.69) is 16.4 Å². The lowest BCUT2D eigenvalue weighted by molar-refractivity contribution is 0.404. The predicted molar refractivity (Wildman–Crippen MR) is 86.9 cm³/mol. The Hall–Kier alpha value is -1.78. The molecular weight excluding hydrogens is 286 g/mol. The van der Waals surface area contributed by atoms with Crippen LogP contribution in [0.2, 0.25) is 5.02 Å². The third kappa shape index (κ3) is 3.46. The van der Waals surface area contributed by atoms with Crippen molar-refractivity contribution in [1.82, 2.24) is 10.3 Å². The van der Waals surface area contributed by atoms with Gasteiger partial charge in [0.05, 0.1) is 18.2 Å². The molecule has 2 rings (SSSR count). The zero-order valence-corrected chi connectivity index (χ0v) is 13.2. The first-order chi connectivity index (χ1) is 10.1. The molecular formula is C16H20ClN3O. The first-order valence-corrected chi connectivity index (χ1v) is 7.23. The van der Waals surface area contributed by atoms with E-state index in [0.29, 0.717) is 10.8 Å². The summed E-state index contributed by atoms with van der Waals surface area (Å²) in [6, 6.07) is 7.83. The van der Waals surface area contributed by atoms with Crippen LogP contribution in [0.4, 0.5) is 5.82 Å². The summed E-state index contributed by atoms with van der Waals surface area (Å²) in [5.41, 5.74) is 9.04. The van der Waals surface area contributed by atoms with Crippen molar-refractivity contribution >= 4 is 17.4 Å². The molecule has 0 amide bonds. The average molecular weight is 306 g/mol. The highest BCUT2D eigenvalue weighted by atomic mass is 35.5. The summed E-state index contributed by atoms with van der Waals surface area (Å²) in [5.74, 6) is 1.29. The molecule has 0 aliphatic heterocycles. The van der Waals surface area contributed by atoms with Crippen LogP contribution in [-0.2, 0) is 0 Å². The van der Waals surface area contributed by atoms with Crippen LogP contribution in [-0.4, -0.2) is 18.6 Å². The van der Waals surface area contributed by atoms with Crippen LogP contribution in [0, 0.1) is 6.92 Å². The highest BCUT2D eigenvalue weighted by Crippen LogP contribution is 2.33. The number of hydrogen-bond acceptors (Lipinski definition) is 4. The van der Waals surface area contributed by atoms with Gasteiger partial charge in [-0.25, -0.2) is 4.98 Å². The molecule has 1 atom stereocenters. The van der Waals surface area contributed by atoms with Gasteiger partial charge in [0.25, 0.3) is 0 Å². The minimum atomic E-state index is -0.114. The highest BCUT2D eigenvalue weighted by molar-refractivity contribution is 6.30. The first-order valence-electron chi connectivity index (χ1n) is 6.85. The SMILES string of the molecule is CCNC(c1ccc(C)cc1OC)c1cc(Cl)cnc1N. The van der Waals surface area contributed by atoms with Crippen molar-refractivity contribution in [1.29, 1.82) is 0 Å². The summed E-state index contributed by atoms with van der Waals surface area (Å²) in [6.07, 6.45) is 1.55. The molecule has 5 heteroatoms.